The quantitative estimate of drug-likeness (QED) is 0.710. The Morgan fingerprint density at radius 2 is 1.82 bits per heavy atom. The maximum atomic E-state index is 12.4. The zero-order chi connectivity index (χ0) is 19.3. The SMILES string of the molecule is Cc1cccc(CNc2ncc(C(=O)Nc3ccc4c(c3)OCCO4)cn2)c1. The summed E-state index contributed by atoms with van der Waals surface area (Å²) in [4.78, 5) is 20.9. The van der Waals surface area contributed by atoms with E-state index >= 15 is 0 Å². The van der Waals surface area contributed by atoms with Gasteiger partial charge in [0, 0.05) is 30.7 Å². The maximum Gasteiger partial charge on any atom is 0.258 e. The van der Waals surface area contributed by atoms with E-state index in [1.54, 1.807) is 18.2 Å². The molecule has 0 atom stereocenters. The second-order valence-electron chi connectivity index (χ2n) is 6.45. The van der Waals surface area contributed by atoms with Crippen molar-refractivity contribution in [2.24, 2.45) is 0 Å². The van der Waals surface area contributed by atoms with Crippen LogP contribution in [0.1, 0.15) is 21.5 Å². The number of rotatable bonds is 5. The summed E-state index contributed by atoms with van der Waals surface area (Å²) in [6.45, 7) is 3.69. The molecule has 1 aromatic heterocycles. The fourth-order valence-corrected chi connectivity index (χ4v) is 2.86. The van der Waals surface area contributed by atoms with Crippen molar-refractivity contribution in [1.29, 1.82) is 0 Å². The number of nitrogens with zero attached hydrogens (tertiary/aromatic N) is 2. The first kappa shape index (κ1) is 17.8. The van der Waals surface area contributed by atoms with Gasteiger partial charge in [-0.25, -0.2) is 9.97 Å². The molecule has 1 amide bonds. The fraction of sp³-hybridized carbons (Fsp3) is 0.190. The minimum Gasteiger partial charge on any atom is -0.486 e. The summed E-state index contributed by atoms with van der Waals surface area (Å²) in [7, 11) is 0. The molecule has 4 rings (SSSR count). The largest absolute Gasteiger partial charge is 0.486 e. The molecule has 28 heavy (non-hydrogen) atoms. The molecule has 1 aliphatic rings. The summed E-state index contributed by atoms with van der Waals surface area (Å²) in [5.74, 6) is 1.48. The number of benzene rings is 2. The molecule has 3 aromatic rings. The van der Waals surface area contributed by atoms with E-state index in [0.29, 0.717) is 48.5 Å². The van der Waals surface area contributed by atoms with Gasteiger partial charge in [-0.2, -0.15) is 0 Å². The third kappa shape index (κ3) is 4.20. The molecule has 0 unspecified atom stereocenters. The third-order valence-electron chi connectivity index (χ3n) is 4.25. The van der Waals surface area contributed by atoms with E-state index in [1.165, 1.54) is 18.0 Å². The van der Waals surface area contributed by atoms with Gasteiger partial charge in [0.2, 0.25) is 5.95 Å². The molecule has 0 aliphatic carbocycles. The Kier molecular flexibility index (Phi) is 5.05. The highest BCUT2D eigenvalue weighted by Crippen LogP contribution is 2.32. The predicted molar refractivity (Wildman–Crippen MR) is 106 cm³/mol. The lowest BCUT2D eigenvalue weighted by Gasteiger charge is -2.19. The predicted octanol–water partition coefficient (Wildman–Crippen LogP) is 3.42. The van der Waals surface area contributed by atoms with Gasteiger partial charge in [-0.05, 0) is 24.6 Å². The van der Waals surface area contributed by atoms with E-state index in [9.17, 15) is 4.79 Å². The Labute approximate surface area is 162 Å². The number of ether oxygens (including phenoxy) is 2. The summed E-state index contributed by atoms with van der Waals surface area (Å²) in [5.41, 5.74) is 3.34. The smallest absolute Gasteiger partial charge is 0.258 e. The summed E-state index contributed by atoms with van der Waals surface area (Å²) < 4.78 is 11.0. The number of carbonyl (C=O) groups excluding carboxylic acids is 1. The van der Waals surface area contributed by atoms with Crippen LogP contribution in [0.2, 0.25) is 0 Å². The fourth-order valence-electron chi connectivity index (χ4n) is 2.86. The molecule has 0 bridgehead atoms. The number of aryl methyl sites for hydroxylation is 1. The first-order chi connectivity index (χ1) is 13.7. The average molecular weight is 376 g/mol. The molecule has 1 aliphatic heterocycles. The molecule has 2 aromatic carbocycles. The van der Waals surface area contributed by atoms with Crippen LogP contribution < -0.4 is 20.1 Å². The Hall–Kier alpha value is -3.61. The first-order valence-corrected chi connectivity index (χ1v) is 9.00. The summed E-state index contributed by atoms with van der Waals surface area (Å²) in [5, 5.41) is 5.97. The number of anilines is 2. The van der Waals surface area contributed by atoms with Crippen molar-refractivity contribution in [3.05, 3.63) is 71.5 Å². The lowest BCUT2D eigenvalue weighted by Crippen LogP contribution is -2.16. The summed E-state index contributed by atoms with van der Waals surface area (Å²) in [6, 6.07) is 13.5. The standard InChI is InChI=1S/C21H20N4O3/c1-14-3-2-4-15(9-14)11-22-21-23-12-16(13-24-21)20(26)25-17-5-6-18-19(10-17)28-8-7-27-18/h2-6,9-10,12-13H,7-8,11H2,1H3,(H,25,26)(H,22,23,24). The zero-order valence-corrected chi connectivity index (χ0v) is 15.4. The second kappa shape index (κ2) is 7.96. The number of hydrogen-bond donors (Lipinski definition) is 2. The van der Waals surface area contributed by atoms with Gasteiger partial charge in [-0.1, -0.05) is 29.8 Å². The van der Waals surface area contributed by atoms with Crippen LogP contribution in [0.15, 0.2) is 54.9 Å². The Morgan fingerprint density at radius 1 is 1.04 bits per heavy atom. The van der Waals surface area contributed by atoms with Crippen molar-refractivity contribution in [3.8, 4) is 11.5 Å². The normalized spacial score (nSPS) is 12.3. The van der Waals surface area contributed by atoms with Crippen LogP contribution in [-0.2, 0) is 6.54 Å². The van der Waals surface area contributed by atoms with Gasteiger partial charge < -0.3 is 20.1 Å². The van der Waals surface area contributed by atoms with Crippen molar-refractivity contribution < 1.29 is 14.3 Å². The van der Waals surface area contributed by atoms with Gasteiger partial charge in [0.15, 0.2) is 11.5 Å². The molecule has 2 N–H and O–H groups in total. The number of hydrogen-bond acceptors (Lipinski definition) is 6. The van der Waals surface area contributed by atoms with E-state index < -0.39 is 0 Å². The molecule has 7 heteroatoms. The lowest BCUT2D eigenvalue weighted by atomic mass is 10.1. The molecular weight excluding hydrogens is 356 g/mol. The highest BCUT2D eigenvalue weighted by atomic mass is 16.6. The minimum absolute atomic E-state index is 0.290. The number of fused-ring (bicyclic) bond motifs is 1. The summed E-state index contributed by atoms with van der Waals surface area (Å²) >= 11 is 0. The molecule has 142 valence electrons. The summed E-state index contributed by atoms with van der Waals surface area (Å²) in [6.07, 6.45) is 3.00. The molecule has 2 heterocycles. The van der Waals surface area contributed by atoms with Crippen molar-refractivity contribution in [3.63, 3.8) is 0 Å². The van der Waals surface area contributed by atoms with Crippen molar-refractivity contribution in [2.75, 3.05) is 23.8 Å². The topological polar surface area (TPSA) is 85.4 Å². The molecule has 0 radical (unpaired) electrons. The molecule has 0 fully saturated rings. The van der Waals surface area contributed by atoms with Crippen molar-refractivity contribution in [1.82, 2.24) is 9.97 Å². The van der Waals surface area contributed by atoms with E-state index in [-0.39, 0.29) is 5.91 Å². The second-order valence-corrected chi connectivity index (χ2v) is 6.45. The monoisotopic (exact) mass is 376 g/mol. The van der Waals surface area contributed by atoms with E-state index in [1.807, 2.05) is 12.1 Å². The Morgan fingerprint density at radius 3 is 2.61 bits per heavy atom. The average Bonchev–Trinajstić information content (AvgIpc) is 2.72. The van der Waals surface area contributed by atoms with Crippen LogP contribution in [0.4, 0.5) is 11.6 Å². The highest BCUT2D eigenvalue weighted by molar-refractivity contribution is 6.04. The Balaban J connectivity index is 1.37. The molecule has 7 nitrogen and oxygen atoms in total. The van der Waals surface area contributed by atoms with E-state index in [2.05, 4.69) is 39.7 Å². The van der Waals surface area contributed by atoms with Gasteiger partial charge in [0.05, 0.1) is 5.56 Å². The van der Waals surface area contributed by atoms with Gasteiger partial charge in [0.25, 0.3) is 5.91 Å². The number of carbonyl (C=O) groups is 1. The first-order valence-electron chi connectivity index (χ1n) is 9.00. The molecule has 0 saturated carbocycles. The Bertz CT molecular complexity index is 989. The molecule has 0 spiro atoms. The van der Waals surface area contributed by atoms with Crippen LogP contribution in [0.5, 0.6) is 11.5 Å². The number of aromatic nitrogens is 2. The van der Waals surface area contributed by atoms with Gasteiger partial charge in [0.1, 0.15) is 13.2 Å². The van der Waals surface area contributed by atoms with Crippen LogP contribution in [0.25, 0.3) is 0 Å². The molecule has 0 saturated heterocycles. The van der Waals surface area contributed by atoms with Crippen molar-refractivity contribution in [2.45, 2.75) is 13.5 Å². The van der Waals surface area contributed by atoms with Crippen LogP contribution >= 0.6 is 0 Å². The van der Waals surface area contributed by atoms with Gasteiger partial charge in [-0.3, -0.25) is 4.79 Å². The zero-order valence-electron chi connectivity index (χ0n) is 15.4. The highest BCUT2D eigenvalue weighted by Gasteiger charge is 2.14. The van der Waals surface area contributed by atoms with Crippen LogP contribution in [-0.4, -0.2) is 29.1 Å². The third-order valence-corrected chi connectivity index (χ3v) is 4.25. The van der Waals surface area contributed by atoms with E-state index in [0.717, 1.165) is 5.56 Å². The number of nitrogens with one attached hydrogen (secondary N) is 2. The minimum atomic E-state index is -0.290. The van der Waals surface area contributed by atoms with Gasteiger partial charge >= 0.3 is 0 Å². The van der Waals surface area contributed by atoms with Crippen LogP contribution in [0, 0.1) is 6.92 Å². The van der Waals surface area contributed by atoms with E-state index in [4.69, 9.17) is 9.47 Å². The maximum absolute atomic E-state index is 12.4. The molecular formula is C21H20N4O3. The van der Waals surface area contributed by atoms with Crippen molar-refractivity contribution >= 4 is 17.5 Å². The lowest BCUT2D eigenvalue weighted by molar-refractivity contribution is 0.102. The van der Waals surface area contributed by atoms with Gasteiger partial charge in [-0.15, -0.1) is 0 Å². The van der Waals surface area contributed by atoms with Crippen LogP contribution in [0.3, 0.4) is 0 Å². The number of amides is 1.